The molecular weight excluding hydrogens is 278 g/mol. The van der Waals surface area contributed by atoms with Crippen LogP contribution in [-0.2, 0) is 4.74 Å². The van der Waals surface area contributed by atoms with E-state index < -0.39 is 0 Å². The quantitative estimate of drug-likeness (QED) is 0.730. The molecular formula is C14H20ClN3O2. The number of carbonyl (C=O) groups excluding carboxylic acids is 1. The lowest BCUT2D eigenvalue weighted by Gasteiger charge is -2.22. The Morgan fingerprint density at radius 3 is 2.70 bits per heavy atom. The summed E-state index contributed by atoms with van der Waals surface area (Å²) in [5.74, 6) is 0. The van der Waals surface area contributed by atoms with Gasteiger partial charge >= 0.3 is 6.03 Å². The molecule has 110 valence electrons. The molecule has 1 aromatic rings. The van der Waals surface area contributed by atoms with Gasteiger partial charge < -0.3 is 20.7 Å². The van der Waals surface area contributed by atoms with Crippen LogP contribution in [0.5, 0.6) is 0 Å². The van der Waals surface area contributed by atoms with Gasteiger partial charge in [0.1, 0.15) is 0 Å². The molecule has 1 saturated heterocycles. The van der Waals surface area contributed by atoms with Gasteiger partial charge in [-0.25, -0.2) is 4.79 Å². The van der Waals surface area contributed by atoms with Gasteiger partial charge in [0.25, 0.3) is 0 Å². The monoisotopic (exact) mass is 297 g/mol. The molecule has 2 rings (SSSR count). The van der Waals surface area contributed by atoms with Crippen LogP contribution in [0.3, 0.4) is 0 Å². The van der Waals surface area contributed by atoms with Crippen molar-refractivity contribution in [2.24, 2.45) is 0 Å². The van der Waals surface area contributed by atoms with E-state index in [2.05, 4.69) is 16.0 Å². The number of piperidine rings is 1. The summed E-state index contributed by atoms with van der Waals surface area (Å²) >= 11 is 5.78. The molecule has 6 heteroatoms. The van der Waals surface area contributed by atoms with E-state index in [-0.39, 0.29) is 6.03 Å². The van der Waals surface area contributed by atoms with E-state index in [1.165, 1.54) is 0 Å². The summed E-state index contributed by atoms with van der Waals surface area (Å²) in [6, 6.07) is 6.75. The van der Waals surface area contributed by atoms with Crippen LogP contribution >= 0.6 is 11.6 Å². The van der Waals surface area contributed by atoms with E-state index in [0.717, 1.165) is 25.9 Å². The van der Waals surface area contributed by atoms with Crippen molar-refractivity contribution in [1.82, 2.24) is 10.6 Å². The number of carbonyl (C=O) groups is 1. The number of rotatable bonds is 5. The number of amides is 2. The van der Waals surface area contributed by atoms with Crippen molar-refractivity contribution in [3.8, 4) is 0 Å². The molecule has 0 spiro atoms. The first-order chi connectivity index (χ1) is 9.74. The van der Waals surface area contributed by atoms with Gasteiger partial charge in [-0.3, -0.25) is 0 Å². The second-order valence-corrected chi connectivity index (χ2v) is 5.14. The third kappa shape index (κ3) is 5.36. The second kappa shape index (κ2) is 8.09. The van der Waals surface area contributed by atoms with E-state index in [9.17, 15) is 4.79 Å². The van der Waals surface area contributed by atoms with Crippen molar-refractivity contribution in [3.63, 3.8) is 0 Å². The van der Waals surface area contributed by atoms with Gasteiger partial charge in [-0.2, -0.15) is 0 Å². The number of halogens is 1. The van der Waals surface area contributed by atoms with E-state index in [1.54, 1.807) is 24.3 Å². The van der Waals surface area contributed by atoms with Crippen molar-refractivity contribution in [1.29, 1.82) is 0 Å². The Labute approximate surface area is 124 Å². The Morgan fingerprint density at radius 1 is 1.30 bits per heavy atom. The summed E-state index contributed by atoms with van der Waals surface area (Å²) in [7, 11) is 0. The number of hydrogen-bond donors (Lipinski definition) is 3. The smallest absolute Gasteiger partial charge is 0.319 e. The molecule has 3 N–H and O–H groups in total. The summed E-state index contributed by atoms with van der Waals surface area (Å²) in [4.78, 5) is 11.6. The average molecular weight is 298 g/mol. The molecule has 0 bridgehead atoms. The number of hydrogen-bond acceptors (Lipinski definition) is 3. The molecule has 0 radical (unpaired) electrons. The first-order valence-electron chi connectivity index (χ1n) is 6.87. The zero-order chi connectivity index (χ0) is 14.2. The van der Waals surface area contributed by atoms with Crippen molar-refractivity contribution >= 4 is 23.3 Å². The third-order valence-electron chi connectivity index (χ3n) is 3.13. The van der Waals surface area contributed by atoms with Gasteiger partial charge in [-0.05, 0) is 50.2 Å². The number of benzene rings is 1. The minimum absolute atomic E-state index is 0.235. The van der Waals surface area contributed by atoms with Crippen molar-refractivity contribution in [2.75, 3.05) is 31.6 Å². The van der Waals surface area contributed by atoms with Crippen molar-refractivity contribution in [2.45, 2.75) is 18.9 Å². The topological polar surface area (TPSA) is 62.4 Å². The fourth-order valence-corrected chi connectivity index (χ4v) is 2.19. The maximum atomic E-state index is 11.6. The normalized spacial score (nSPS) is 15.8. The second-order valence-electron chi connectivity index (χ2n) is 4.71. The molecule has 1 aromatic carbocycles. The highest BCUT2D eigenvalue weighted by Crippen LogP contribution is 2.13. The van der Waals surface area contributed by atoms with Crippen LogP contribution in [0.4, 0.5) is 10.5 Å². The van der Waals surface area contributed by atoms with Crippen LogP contribution in [0.15, 0.2) is 24.3 Å². The summed E-state index contributed by atoms with van der Waals surface area (Å²) < 4.78 is 5.70. The fourth-order valence-electron chi connectivity index (χ4n) is 2.06. The number of urea groups is 1. The largest absolute Gasteiger partial charge is 0.376 e. The molecule has 1 aliphatic heterocycles. The van der Waals surface area contributed by atoms with Crippen LogP contribution in [0.25, 0.3) is 0 Å². The lowest BCUT2D eigenvalue weighted by molar-refractivity contribution is 0.0358. The Bertz CT molecular complexity index is 419. The summed E-state index contributed by atoms with van der Waals surface area (Å²) in [6.07, 6.45) is 2.39. The first kappa shape index (κ1) is 15.1. The van der Waals surface area contributed by atoms with Crippen LogP contribution in [0, 0.1) is 0 Å². The highest BCUT2D eigenvalue weighted by atomic mass is 35.5. The predicted molar refractivity (Wildman–Crippen MR) is 80.3 cm³/mol. The van der Waals surface area contributed by atoms with Crippen LogP contribution < -0.4 is 16.0 Å². The predicted octanol–water partition coefficient (Wildman–Crippen LogP) is 2.23. The van der Waals surface area contributed by atoms with Gasteiger partial charge in [0, 0.05) is 17.3 Å². The van der Waals surface area contributed by atoms with Gasteiger partial charge in [0.15, 0.2) is 0 Å². The molecule has 0 aliphatic carbocycles. The molecule has 2 amide bonds. The maximum absolute atomic E-state index is 11.6. The SMILES string of the molecule is O=C(NCCOC1CCNCC1)Nc1ccc(Cl)cc1. The summed E-state index contributed by atoms with van der Waals surface area (Å²) in [6.45, 7) is 3.06. The minimum Gasteiger partial charge on any atom is -0.376 e. The zero-order valence-corrected chi connectivity index (χ0v) is 12.1. The highest BCUT2D eigenvalue weighted by Gasteiger charge is 2.12. The Balaban J connectivity index is 1.59. The van der Waals surface area contributed by atoms with Crippen LogP contribution in [0.2, 0.25) is 5.02 Å². The number of nitrogens with one attached hydrogen (secondary N) is 3. The van der Waals surface area contributed by atoms with E-state index in [1.807, 2.05) is 0 Å². The lowest BCUT2D eigenvalue weighted by Crippen LogP contribution is -2.35. The van der Waals surface area contributed by atoms with Gasteiger partial charge in [-0.1, -0.05) is 11.6 Å². The van der Waals surface area contributed by atoms with E-state index >= 15 is 0 Å². The lowest BCUT2D eigenvalue weighted by atomic mass is 10.1. The van der Waals surface area contributed by atoms with Crippen molar-refractivity contribution < 1.29 is 9.53 Å². The van der Waals surface area contributed by atoms with Gasteiger partial charge in [0.2, 0.25) is 0 Å². The molecule has 1 heterocycles. The standard InChI is InChI=1S/C14H20ClN3O2/c15-11-1-3-12(4-2-11)18-14(19)17-9-10-20-13-5-7-16-8-6-13/h1-4,13,16H,5-10H2,(H2,17,18,19). The molecule has 5 nitrogen and oxygen atoms in total. The van der Waals surface area contributed by atoms with E-state index in [0.29, 0.717) is 30.0 Å². The first-order valence-corrected chi connectivity index (χ1v) is 7.24. The van der Waals surface area contributed by atoms with Crippen LogP contribution in [0.1, 0.15) is 12.8 Å². The molecule has 0 aromatic heterocycles. The Kier molecular flexibility index (Phi) is 6.11. The van der Waals surface area contributed by atoms with Crippen molar-refractivity contribution in [3.05, 3.63) is 29.3 Å². The minimum atomic E-state index is -0.235. The molecule has 0 unspecified atom stereocenters. The number of anilines is 1. The zero-order valence-electron chi connectivity index (χ0n) is 11.3. The average Bonchev–Trinajstić information content (AvgIpc) is 2.47. The Morgan fingerprint density at radius 2 is 2.00 bits per heavy atom. The molecule has 20 heavy (non-hydrogen) atoms. The summed E-state index contributed by atoms with van der Waals surface area (Å²) in [5, 5.41) is 9.43. The number of ether oxygens (including phenoxy) is 1. The fraction of sp³-hybridized carbons (Fsp3) is 0.500. The summed E-state index contributed by atoms with van der Waals surface area (Å²) in [5.41, 5.74) is 0.714. The van der Waals surface area contributed by atoms with Gasteiger partial charge in [0.05, 0.1) is 12.7 Å². The maximum Gasteiger partial charge on any atom is 0.319 e. The molecule has 1 fully saturated rings. The molecule has 1 aliphatic rings. The third-order valence-corrected chi connectivity index (χ3v) is 3.38. The highest BCUT2D eigenvalue weighted by molar-refractivity contribution is 6.30. The van der Waals surface area contributed by atoms with E-state index in [4.69, 9.17) is 16.3 Å². The van der Waals surface area contributed by atoms with Gasteiger partial charge in [-0.15, -0.1) is 0 Å². The Hall–Kier alpha value is -1.30. The molecule has 0 saturated carbocycles. The molecule has 0 atom stereocenters. The van der Waals surface area contributed by atoms with Crippen LogP contribution in [-0.4, -0.2) is 38.4 Å².